The van der Waals surface area contributed by atoms with Gasteiger partial charge in [-0.2, -0.15) is 0 Å². The lowest BCUT2D eigenvalue weighted by molar-refractivity contribution is -0.140. The van der Waals surface area contributed by atoms with Gasteiger partial charge in [0.15, 0.2) is 0 Å². The Labute approximate surface area is 113 Å². The highest BCUT2D eigenvalue weighted by Gasteiger charge is 2.36. The van der Waals surface area contributed by atoms with Gasteiger partial charge in [-0.25, -0.2) is 4.79 Å². The molecule has 1 saturated heterocycles. The molecular weight excluding hydrogens is 248 g/mol. The average molecular weight is 270 g/mol. The number of nitrogens with zero attached hydrogens (tertiary/aromatic N) is 2. The third kappa shape index (κ3) is 4.22. The molecule has 0 spiro atoms. The van der Waals surface area contributed by atoms with Crippen LogP contribution in [0, 0.1) is 0 Å². The van der Waals surface area contributed by atoms with Gasteiger partial charge in [-0.3, -0.25) is 9.69 Å². The van der Waals surface area contributed by atoms with E-state index in [2.05, 4.69) is 0 Å². The summed E-state index contributed by atoms with van der Waals surface area (Å²) in [4.78, 5) is 37.4. The molecule has 1 fully saturated rings. The van der Waals surface area contributed by atoms with Crippen molar-refractivity contribution in [1.82, 2.24) is 9.80 Å². The molecule has 1 atom stereocenters. The molecule has 0 aliphatic carbocycles. The Kier molecular flexibility index (Phi) is 4.91. The van der Waals surface area contributed by atoms with Crippen molar-refractivity contribution in [3.05, 3.63) is 0 Å². The minimum absolute atomic E-state index is 0.140. The standard InChI is InChI=1S/C13H22N2O4/c1-10-11(17)14(6-5-9-16)7-8-15(10)12(18)19-13(2,3)4/h9-10H,5-8H2,1-4H3/t10-/m0/s1. The molecule has 0 aromatic heterocycles. The van der Waals surface area contributed by atoms with Gasteiger partial charge in [-0.1, -0.05) is 0 Å². The molecule has 1 aliphatic heterocycles. The Bertz CT molecular complexity index is 362. The lowest BCUT2D eigenvalue weighted by Gasteiger charge is -2.39. The van der Waals surface area contributed by atoms with E-state index in [-0.39, 0.29) is 5.91 Å². The zero-order valence-electron chi connectivity index (χ0n) is 12.0. The molecule has 6 nitrogen and oxygen atoms in total. The largest absolute Gasteiger partial charge is 0.444 e. The zero-order chi connectivity index (χ0) is 14.6. The molecule has 0 aromatic rings. The lowest BCUT2D eigenvalue weighted by atomic mass is 10.1. The first kappa shape index (κ1) is 15.5. The van der Waals surface area contributed by atoms with Gasteiger partial charge >= 0.3 is 6.09 Å². The summed E-state index contributed by atoms with van der Waals surface area (Å²) in [6, 6.07) is -0.546. The molecule has 0 radical (unpaired) electrons. The van der Waals surface area contributed by atoms with Crippen molar-refractivity contribution < 1.29 is 19.1 Å². The number of piperazine rings is 1. The molecule has 6 heteroatoms. The van der Waals surface area contributed by atoms with Crippen LogP contribution in [0.5, 0.6) is 0 Å². The highest BCUT2D eigenvalue weighted by Crippen LogP contribution is 2.16. The van der Waals surface area contributed by atoms with Gasteiger partial charge in [0.05, 0.1) is 0 Å². The van der Waals surface area contributed by atoms with Crippen LogP contribution < -0.4 is 0 Å². The van der Waals surface area contributed by atoms with E-state index >= 15 is 0 Å². The second-order valence-corrected chi connectivity index (χ2v) is 5.63. The fraction of sp³-hybridized carbons (Fsp3) is 0.769. The smallest absolute Gasteiger partial charge is 0.411 e. The molecule has 0 unspecified atom stereocenters. The molecule has 1 heterocycles. The van der Waals surface area contributed by atoms with Crippen molar-refractivity contribution in [2.24, 2.45) is 0 Å². The van der Waals surface area contributed by atoms with E-state index in [1.165, 1.54) is 4.90 Å². The fourth-order valence-electron chi connectivity index (χ4n) is 1.93. The van der Waals surface area contributed by atoms with Gasteiger partial charge in [0.2, 0.25) is 5.91 Å². The maximum Gasteiger partial charge on any atom is 0.411 e. The lowest BCUT2D eigenvalue weighted by Crippen LogP contribution is -2.58. The number of aldehydes is 1. The van der Waals surface area contributed by atoms with Crippen LogP contribution >= 0.6 is 0 Å². The van der Waals surface area contributed by atoms with Gasteiger partial charge in [0, 0.05) is 26.1 Å². The number of rotatable bonds is 3. The first-order valence-electron chi connectivity index (χ1n) is 6.48. The summed E-state index contributed by atoms with van der Waals surface area (Å²) in [5, 5.41) is 0. The van der Waals surface area contributed by atoms with E-state index in [1.54, 1.807) is 32.6 Å². The molecule has 108 valence electrons. The quantitative estimate of drug-likeness (QED) is 0.719. The summed E-state index contributed by atoms with van der Waals surface area (Å²) >= 11 is 0. The number of carbonyl (C=O) groups excluding carboxylic acids is 3. The summed E-state index contributed by atoms with van der Waals surface area (Å²) in [5.41, 5.74) is -0.575. The predicted molar refractivity (Wildman–Crippen MR) is 69.7 cm³/mol. The molecule has 0 N–H and O–H groups in total. The maximum atomic E-state index is 12.1. The molecule has 1 rings (SSSR count). The third-order valence-electron chi connectivity index (χ3n) is 2.89. The molecule has 1 aliphatic rings. The SMILES string of the molecule is C[C@H]1C(=O)N(CCC=O)CCN1C(=O)OC(C)(C)C. The van der Waals surface area contributed by atoms with Gasteiger partial charge in [0.25, 0.3) is 0 Å². The van der Waals surface area contributed by atoms with Crippen LogP contribution in [0.2, 0.25) is 0 Å². The minimum Gasteiger partial charge on any atom is -0.444 e. The van der Waals surface area contributed by atoms with Crippen LogP contribution in [-0.4, -0.2) is 59.4 Å². The van der Waals surface area contributed by atoms with E-state index in [0.717, 1.165) is 6.29 Å². The monoisotopic (exact) mass is 270 g/mol. The van der Waals surface area contributed by atoms with Crippen LogP contribution in [0.3, 0.4) is 0 Å². The first-order valence-corrected chi connectivity index (χ1v) is 6.48. The summed E-state index contributed by atoms with van der Waals surface area (Å²) < 4.78 is 5.27. The fourth-order valence-corrected chi connectivity index (χ4v) is 1.93. The normalized spacial score (nSPS) is 20.4. The molecule has 0 saturated carbocycles. The van der Waals surface area contributed by atoms with E-state index in [9.17, 15) is 14.4 Å². The number of hydrogen-bond acceptors (Lipinski definition) is 4. The van der Waals surface area contributed by atoms with Crippen molar-refractivity contribution in [3.63, 3.8) is 0 Å². The van der Waals surface area contributed by atoms with Crippen molar-refractivity contribution >= 4 is 18.3 Å². The van der Waals surface area contributed by atoms with E-state index < -0.39 is 17.7 Å². The van der Waals surface area contributed by atoms with Crippen molar-refractivity contribution in [1.29, 1.82) is 0 Å². The Hall–Kier alpha value is -1.59. The van der Waals surface area contributed by atoms with E-state index in [0.29, 0.717) is 26.1 Å². The zero-order valence-corrected chi connectivity index (χ0v) is 12.0. The first-order chi connectivity index (χ1) is 8.76. The second kappa shape index (κ2) is 6.04. The predicted octanol–water partition coefficient (Wildman–Crippen LogP) is 1.04. The average Bonchev–Trinajstić information content (AvgIpc) is 2.28. The molecule has 0 bridgehead atoms. The summed E-state index contributed by atoms with van der Waals surface area (Å²) in [6.45, 7) is 8.33. The van der Waals surface area contributed by atoms with Gasteiger partial charge in [-0.05, 0) is 27.7 Å². The van der Waals surface area contributed by atoms with E-state index in [1.807, 2.05) is 0 Å². The number of hydrogen-bond donors (Lipinski definition) is 0. The van der Waals surface area contributed by atoms with Gasteiger partial charge in [0.1, 0.15) is 17.9 Å². The highest BCUT2D eigenvalue weighted by molar-refractivity contribution is 5.86. The Morgan fingerprint density at radius 3 is 2.58 bits per heavy atom. The van der Waals surface area contributed by atoms with Crippen molar-refractivity contribution in [2.45, 2.75) is 45.8 Å². The number of amides is 2. The van der Waals surface area contributed by atoms with Gasteiger partial charge < -0.3 is 14.4 Å². The molecule has 19 heavy (non-hydrogen) atoms. The molecule has 0 aromatic carbocycles. The van der Waals surface area contributed by atoms with Crippen LogP contribution in [0.4, 0.5) is 4.79 Å². The maximum absolute atomic E-state index is 12.1. The Morgan fingerprint density at radius 2 is 2.05 bits per heavy atom. The number of ether oxygens (including phenoxy) is 1. The number of carbonyl (C=O) groups is 3. The molecular formula is C13H22N2O4. The van der Waals surface area contributed by atoms with Crippen molar-refractivity contribution in [2.75, 3.05) is 19.6 Å². The van der Waals surface area contributed by atoms with Crippen LogP contribution in [-0.2, 0) is 14.3 Å². The third-order valence-corrected chi connectivity index (χ3v) is 2.89. The minimum atomic E-state index is -0.575. The molecule has 2 amide bonds. The van der Waals surface area contributed by atoms with Crippen LogP contribution in [0.1, 0.15) is 34.1 Å². The summed E-state index contributed by atoms with van der Waals surface area (Å²) in [6.07, 6.45) is 0.645. The highest BCUT2D eigenvalue weighted by atomic mass is 16.6. The van der Waals surface area contributed by atoms with E-state index in [4.69, 9.17) is 4.74 Å². The Morgan fingerprint density at radius 1 is 1.42 bits per heavy atom. The Balaban J connectivity index is 2.63. The van der Waals surface area contributed by atoms with Crippen molar-refractivity contribution in [3.8, 4) is 0 Å². The summed E-state index contributed by atoms with van der Waals surface area (Å²) in [7, 11) is 0. The topological polar surface area (TPSA) is 66.9 Å². The summed E-state index contributed by atoms with van der Waals surface area (Å²) in [5.74, 6) is -0.140. The second-order valence-electron chi connectivity index (χ2n) is 5.63. The van der Waals surface area contributed by atoms with Crippen LogP contribution in [0.15, 0.2) is 0 Å². The van der Waals surface area contributed by atoms with Gasteiger partial charge in [-0.15, -0.1) is 0 Å². The van der Waals surface area contributed by atoms with Crippen LogP contribution in [0.25, 0.3) is 0 Å².